The van der Waals surface area contributed by atoms with Crippen LogP contribution in [0.4, 0.5) is 0 Å². The number of rotatable bonds is 2. The van der Waals surface area contributed by atoms with Gasteiger partial charge in [-0.1, -0.05) is 6.08 Å². The van der Waals surface area contributed by atoms with E-state index >= 15 is 0 Å². The van der Waals surface area contributed by atoms with Crippen LogP contribution >= 0.6 is 0 Å². The molecule has 0 amide bonds. The second-order valence-electron chi connectivity index (χ2n) is 2.00. The van der Waals surface area contributed by atoms with Gasteiger partial charge in [0.1, 0.15) is 5.76 Å². The topological polar surface area (TPSA) is 34.0 Å². The highest BCUT2D eigenvalue weighted by Gasteiger charge is 1.93. The van der Waals surface area contributed by atoms with E-state index < -0.39 is 0 Å². The Hall–Kier alpha value is -1.38. The summed E-state index contributed by atoms with van der Waals surface area (Å²) in [7, 11) is 1.67. The number of hydrogen-bond acceptors (Lipinski definition) is 3. The van der Waals surface area contributed by atoms with Gasteiger partial charge in [-0.15, -0.1) is 0 Å². The van der Waals surface area contributed by atoms with Crippen LogP contribution in [-0.4, -0.2) is 19.7 Å². The lowest BCUT2D eigenvalue weighted by molar-refractivity contribution is 0.424. The van der Waals surface area contributed by atoms with Crippen LogP contribution in [0.2, 0.25) is 0 Å². The first-order chi connectivity index (χ1) is 5.43. The minimum absolute atomic E-state index is 0.770. The predicted octanol–water partition coefficient (Wildman–Crippen LogP) is 1.53. The minimum atomic E-state index is 0.770. The van der Waals surface area contributed by atoms with E-state index in [0.29, 0.717) is 0 Å². The third-order valence-electron chi connectivity index (χ3n) is 1.17. The van der Waals surface area contributed by atoms with Crippen molar-refractivity contribution in [2.45, 2.75) is 6.42 Å². The summed E-state index contributed by atoms with van der Waals surface area (Å²) in [6.07, 6.45) is 9.38. The Morgan fingerprint density at radius 2 is 2.64 bits per heavy atom. The summed E-state index contributed by atoms with van der Waals surface area (Å²) < 4.78 is 5.14. The third-order valence-corrected chi connectivity index (χ3v) is 1.17. The summed E-state index contributed by atoms with van der Waals surface area (Å²) in [6, 6.07) is 0. The Morgan fingerprint density at radius 3 is 3.45 bits per heavy atom. The minimum Gasteiger partial charge on any atom is -0.450 e. The van der Waals surface area contributed by atoms with E-state index in [0.717, 1.165) is 12.2 Å². The van der Waals surface area contributed by atoms with Gasteiger partial charge in [-0.05, 0) is 6.08 Å². The average Bonchev–Trinajstić information content (AvgIpc) is 2.28. The molecule has 3 nitrogen and oxygen atoms in total. The van der Waals surface area contributed by atoms with Gasteiger partial charge in [-0.2, -0.15) is 0 Å². The van der Waals surface area contributed by atoms with E-state index in [1.807, 2.05) is 12.2 Å². The first-order valence-electron chi connectivity index (χ1n) is 3.38. The smallest absolute Gasteiger partial charge is 0.175 e. The standard InChI is InChI=1S/C8H10N2O/c1-9-7-11-8-3-2-5-10-6-4-8/h2,4-7H,3H2,1H3. The maximum Gasteiger partial charge on any atom is 0.175 e. The van der Waals surface area contributed by atoms with Gasteiger partial charge in [0, 0.05) is 25.9 Å². The molecular weight excluding hydrogens is 140 g/mol. The molecule has 58 valence electrons. The average molecular weight is 150 g/mol. The van der Waals surface area contributed by atoms with Crippen LogP contribution in [0.15, 0.2) is 34.1 Å². The summed E-state index contributed by atoms with van der Waals surface area (Å²) in [5.74, 6) is 0.855. The monoisotopic (exact) mass is 150 g/mol. The van der Waals surface area contributed by atoms with Gasteiger partial charge >= 0.3 is 0 Å². The second kappa shape index (κ2) is 4.44. The second-order valence-corrected chi connectivity index (χ2v) is 2.00. The van der Waals surface area contributed by atoms with E-state index in [1.54, 1.807) is 19.5 Å². The highest BCUT2D eigenvalue weighted by molar-refractivity contribution is 5.73. The molecule has 1 aliphatic rings. The number of aliphatic imine (C=N–C) groups is 2. The Labute approximate surface area is 65.8 Å². The van der Waals surface area contributed by atoms with Crippen molar-refractivity contribution in [3.05, 3.63) is 24.1 Å². The van der Waals surface area contributed by atoms with Crippen LogP contribution in [-0.2, 0) is 4.74 Å². The fourth-order valence-corrected chi connectivity index (χ4v) is 0.681. The highest BCUT2D eigenvalue weighted by Crippen LogP contribution is 2.04. The zero-order chi connectivity index (χ0) is 7.94. The number of nitrogens with zero attached hydrogens (tertiary/aromatic N) is 2. The molecule has 0 aromatic rings. The van der Waals surface area contributed by atoms with Crippen LogP contribution < -0.4 is 0 Å². The van der Waals surface area contributed by atoms with Crippen LogP contribution in [0.3, 0.4) is 0 Å². The zero-order valence-corrected chi connectivity index (χ0v) is 6.40. The largest absolute Gasteiger partial charge is 0.450 e. The molecule has 0 radical (unpaired) electrons. The molecule has 1 rings (SSSR count). The van der Waals surface area contributed by atoms with Crippen molar-refractivity contribution in [2.24, 2.45) is 9.98 Å². The molecule has 0 aromatic heterocycles. The first kappa shape index (κ1) is 7.72. The van der Waals surface area contributed by atoms with E-state index in [-0.39, 0.29) is 0 Å². The maximum absolute atomic E-state index is 5.14. The molecule has 0 saturated heterocycles. The lowest BCUT2D eigenvalue weighted by atomic mass is 10.3. The quantitative estimate of drug-likeness (QED) is 0.434. The first-order valence-corrected chi connectivity index (χ1v) is 3.38. The van der Waals surface area contributed by atoms with Gasteiger partial charge in [0.05, 0.1) is 0 Å². The molecule has 0 spiro atoms. The molecule has 1 aliphatic heterocycles. The van der Waals surface area contributed by atoms with Crippen molar-refractivity contribution in [3.63, 3.8) is 0 Å². The number of hydrogen-bond donors (Lipinski definition) is 0. The van der Waals surface area contributed by atoms with Crippen molar-refractivity contribution in [1.82, 2.24) is 0 Å². The molecule has 0 aromatic carbocycles. The van der Waals surface area contributed by atoms with Crippen molar-refractivity contribution in [2.75, 3.05) is 7.05 Å². The van der Waals surface area contributed by atoms with Gasteiger partial charge in [0.2, 0.25) is 0 Å². The van der Waals surface area contributed by atoms with E-state index in [2.05, 4.69) is 9.98 Å². The van der Waals surface area contributed by atoms with Crippen LogP contribution in [0, 0.1) is 0 Å². The van der Waals surface area contributed by atoms with Crippen LogP contribution in [0.1, 0.15) is 6.42 Å². The Kier molecular flexibility index (Phi) is 3.12. The summed E-state index contributed by atoms with van der Waals surface area (Å²) in [6.45, 7) is 0. The molecule has 0 aliphatic carbocycles. The third kappa shape index (κ3) is 2.80. The Bertz CT molecular complexity index is 226. The highest BCUT2D eigenvalue weighted by atomic mass is 16.5. The van der Waals surface area contributed by atoms with E-state index in [4.69, 9.17) is 4.74 Å². The lowest BCUT2D eigenvalue weighted by Gasteiger charge is -1.98. The Balaban J connectivity index is 2.50. The molecule has 0 bridgehead atoms. The van der Waals surface area contributed by atoms with Crippen LogP contribution in [0.5, 0.6) is 0 Å². The summed E-state index contributed by atoms with van der Waals surface area (Å²) in [5, 5.41) is 0. The van der Waals surface area contributed by atoms with Gasteiger partial charge in [0.15, 0.2) is 6.40 Å². The maximum atomic E-state index is 5.14. The van der Waals surface area contributed by atoms with Crippen molar-refractivity contribution in [1.29, 1.82) is 0 Å². The molecule has 3 heteroatoms. The fourth-order valence-electron chi connectivity index (χ4n) is 0.681. The molecule has 0 saturated carbocycles. The van der Waals surface area contributed by atoms with Gasteiger partial charge in [0.25, 0.3) is 0 Å². The van der Waals surface area contributed by atoms with Gasteiger partial charge in [-0.25, -0.2) is 0 Å². The number of ether oxygens (including phenoxy) is 1. The molecular formula is C8H10N2O. The summed E-state index contributed by atoms with van der Waals surface area (Å²) in [5.41, 5.74) is 0. The molecule has 0 N–H and O–H groups in total. The molecule has 0 atom stereocenters. The molecule has 0 fully saturated rings. The number of allylic oxidation sites excluding steroid dienone is 2. The van der Waals surface area contributed by atoms with E-state index in [9.17, 15) is 0 Å². The molecule has 11 heavy (non-hydrogen) atoms. The fraction of sp³-hybridized carbons (Fsp3) is 0.250. The van der Waals surface area contributed by atoms with Gasteiger partial charge < -0.3 is 4.74 Å². The van der Waals surface area contributed by atoms with E-state index in [1.165, 1.54) is 6.40 Å². The summed E-state index contributed by atoms with van der Waals surface area (Å²) >= 11 is 0. The van der Waals surface area contributed by atoms with Crippen molar-refractivity contribution >= 4 is 12.6 Å². The normalized spacial score (nSPS) is 16.6. The van der Waals surface area contributed by atoms with Gasteiger partial charge in [-0.3, -0.25) is 9.98 Å². The van der Waals surface area contributed by atoms with Crippen LogP contribution in [0.25, 0.3) is 0 Å². The SMILES string of the molecule is CN=COC1=CC=NC=CC1. The predicted molar refractivity (Wildman–Crippen MR) is 45.8 cm³/mol. The summed E-state index contributed by atoms with van der Waals surface area (Å²) in [4.78, 5) is 7.63. The molecule has 0 unspecified atom stereocenters. The Morgan fingerprint density at radius 1 is 1.73 bits per heavy atom. The lowest BCUT2D eigenvalue weighted by Crippen LogP contribution is -1.88. The zero-order valence-electron chi connectivity index (χ0n) is 6.40. The van der Waals surface area contributed by atoms with Crippen molar-refractivity contribution in [3.8, 4) is 0 Å². The van der Waals surface area contributed by atoms with Crippen molar-refractivity contribution < 1.29 is 4.74 Å². The molecule has 1 heterocycles.